The van der Waals surface area contributed by atoms with Gasteiger partial charge in [0.15, 0.2) is 5.82 Å². The molecule has 8 heteroatoms. The van der Waals surface area contributed by atoms with E-state index in [0.29, 0.717) is 23.1 Å². The Morgan fingerprint density at radius 3 is 2.45 bits per heavy atom. The molecule has 1 amide bonds. The minimum absolute atomic E-state index is 0.208. The molecule has 3 aromatic carbocycles. The van der Waals surface area contributed by atoms with E-state index in [4.69, 9.17) is 14.8 Å². The summed E-state index contributed by atoms with van der Waals surface area (Å²) in [6.07, 6.45) is 0. The van der Waals surface area contributed by atoms with Crippen LogP contribution < -0.4 is 20.3 Å². The summed E-state index contributed by atoms with van der Waals surface area (Å²) in [7, 11) is 1.63. The standard InChI is InChI=1S/C30H32N6O2/c1-5-35(6-2)24-17-15-21(16-18-24)28-33-30-31-20(3)26(29(37)32-23-12-8-7-9-13-23)27(36(30)34-28)22-11-10-14-25(19-22)38-4/h7-19,27H,5-6H2,1-4H3,(H,32,37)(H,31,33,34). The zero-order valence-corrected chi connectivity index (χ0v) is 22.1. The number of amides is 1. The van der Waals surface area contributed by atoms with E-state index in [2.05, 4.69) is 41.5 Å². The van der Waals surface area contributed by atoms with Gasteiger partial charge in [0.1, 0.15) is 11.8 Å². The van der Waals surface area contributed by atoms with E-state index in [1.165, 1.54) is 0 Å². The lowest BCUT2D eigenvalue weighted by molar-refractivity contribution is -0.113. The molecule has 0 aliphatic carbocycles. The van der Waals surface area contributed by atoms with Crippen LogP contribution in [0.5, 0.6) is 5.75 Å². The molecule has 1 unspecified atom stereocenters. The van der Waals surface area contributed by atoms with Crippen molar-refractivity contribution in [2.75, 3.05) is 35.7 Å². The molecule has 1 aromatic heterocycles. The molecule has 0 saturated carbocycles. The summed E-state index contributed by atoms with van der Waals surface area (Å²) < 4.78 is 7.28. The van der Waals surface area contributed by atoms with Crippen molar-refractivity contribution in [1.82, 2.24) is 14.8 Å². The van der Waals surface area contributed by atoms with Crippen molar-refractivity contribution >= 4 is 23.2 Å². The number of carbonyl (C=O) groups excluding carboxylic acids is 1. The van der Waals surface area contributed by atoms with Crippen LogP contribution in [0, 0.1) is 0 Å². The maximum absolute atomic E-state index is 13.7. The van der Waals surface area contributed by atoms with Gasteiger partial charge in [0, 0.05) is 35.7 Å². The van der Waals surface area contributed by atoms with E-state index in [0.717, 1.165) is 41.3 Å². The highest BCUT2D eigenvalue weighted by atomic mass is 16.5. The number of hydrogen-bond acceptors (Lipinski definition) is 6. The molecule has 1 atom stereocenters. The minimum Gasteiger partial charge on any atom is -0.497 e. The summed E-state index contributed by atoms with van der Waals surface area (Å²) in [5.41, 5.74) is 4.94. The monoisotopic (exact) mass is 508 g/mol. The quantitative estimate of drug-likeness (QED) is 0.316. The third kappa shape index (κ3) is 4.85. The van der Waals surface area contributed by atoms with Crippen LogP contribution in [0.4, 0.5) is 17.3 Å². The van der Waals surface area contributed by atoms with Gasteiger partial charge in [0.25, 0.3) is 5.91 Å². The van der Waals surface area contributed by atoms with E-state index < -0.39 is 6.04 Å². The van der Waals surface area contributed by atoms with E-state index in [1.807, 2.05) is 73.7 Å². The van der Waals surface area contributed by atoms with Crippen LogP contribution in [0.2, 0.25) is 0 Å². The molecule has 2 N–H and O–H groups in total. The molecule has 5 rings (SSSR count). The van der Waals surface area contributed by atoms with Crippen LogP contribution in [0.1, 0.15) is 32.4 Å². The highest BCUT2D eigenvalue weighted by molar-refractivity contribution is 6.06. The number of anilines is 3. The molecule has 8 nitrogen and oxygen atoms in total. The van der Waals surface area contributed by atoms with E-state index in [1.54, 1.807) is 11.8 Å². The van der Waals surface area contributed by atoms with Crippen molar-refractivity contribution in [2.45, 2.75) is 26.8 Å². The Labute approximate surface area is 223 Å². The van der Waals surface area contributed by atoms with Crippen molar-refractivity contribution in [3.05, 3.63) is 95.7 Å². The topological polar surface area (TPSA) is 84.3 Å². The van der Waals surface area contributed by atoms with Crippen LogP contribution in [0.25, 0.3) is 11.4 Å². The Kier molecular flexibility index (Phi) is 7.13. The van der Waals surface area contributed by atoms with Gasteiger partial charge in [0.05, 0.1) is 12.7 Å². The second-order valence-electron chi connectivity index (χ2n) is 9.09. The maximum atomic E-state index is 13.7. The van der Waals surface area contributed by atoms with Crippen molar-refractivity contribution in [3.8, 4) is 17.1 Å². The second-order valence-corrected chi connectivity index (χ2v) is 9.09. The van der Waals surface area contributed by atoms with Crippen LogP contribution in [0.3, 0.4) is 0 Å². The summed E-state index contributed by atoms with van der Waals surface area (Å²) in [4.78, 5) is 20.8. The zero-order chi connectivity index (χ0) is 26.6. The van der Waals surface area contributed by atoms with Crippen LogP contribution in [0.15, 0.2) is 90.1 Å². The number of benzene rings is 3. The van der Waals surface area contributed by atoms with Gasteiger partial charge in [0.2, 0.25) is 5.95 Å². The molecule has 0 radical (unpaired) electrons. The molecule has 194 valence electrons. The number of nitrogens with zero attached hydrogens (tertiary/aromatic N) is 4. The molecule has 38 heavy (non-hydrogen) atoms. The molecule has 4 aromatic rings. The molecule has 0 bridgehead atoms. The molecule has 0 saturated heterocycles. The fourth-order valence-corrected chi connectivity index (χ4v) is 4.82. The number of methoxy groups -OCH3 is 1. The number of ether oxygens (including phenoxy) is 1. The van der Waals surface area contributed by atoms with E-state index in [-0.39, 0.29) is 5.91 Å². The average molecular weight is 509 g/mol. The van der Waals surface area contributed by atoms with Crippen LogP contribution in [-0.4, -0.2) is 40.9 Å². The third-order valence-electron chi connectivity index (χ3n) is 6.79. The van der Waals surface area contributed by atoms with Gasteiger partial charge in [-0.25, -0.2) is 4.68 Å². The predicted octanol–water partition coefficient (Wildman–Crippen LogP) is 5.73. The normalized spacial score (nSPS) is 14.5. The van der Waals surface area contributed by atoms with Gasteiger partial charge in [-0.05, 0) is 74.9 Å². The zero-order valence-electron chi connectivity index (χ0n) is 22.1. The first kappa shape index (κ1) is 25.1. The Balaban J connectivity index is 1.56. The third-order valence-corrected chi connectivity index (χ3v) is 6.79. The fourth-order valence-electron chi connectivity index (χ4n) is 4.82. The molecule has 1 aliphatic heterocycles. The highest BCUT2D eigenvalue weighted by Gasteiger charge is 2.34. The molecular formula is C30H32N6O2. The Bertz CT molecular complexity index is 1460. The molecule has 0 fully saturated rings. The molecular weight excluding hydrogens is 476 g/mol. The largest absolute Gasteiger partial charge is 0.497 e. The number of para-hydroxylation sites is 1. The van der Waals surface area contributed by atoms with E-state index in [9.17, 15) is 4.79 Å². The van der Waals surface area contributed by atoms with E-state index >= 15 is 0 Å². The summed E-state index contributed by atoms with van der Waals surface area (Å²) in [6.45, 7) is 8.07. The number of nitrogens with one attached hydrogen (secondary N) is 2. The maximum Gasteiger partial charge on any atom is 0.255 e. The number of fused-ring (bicyclic) bond motifs is 1. The van der Waals surface area contributed by atoms with Gasteiger partial charge in [-0.3, -0.25) is 4.79 Å². The van der Waals surface area contributed by atoms with Gasteiger partial charge >= 0.3 is 0 Å². The summed E-state index contributed by atoms with van der Waals surface area (Å²) in [5, 5.41) is 11.2. The lowest BCUT2D eigenvalue weighted by Crippen LogP contribution is -2.31. The van der Waals surface area contributed by atoms with Gasteiger partial charge in [-0.1, -0.05) is 30.3 Å². The first-order valence-corrected chi connectivity index (χ1v) is 12.8. The number of rotatable bonds is 8. The molecule has 0 spiro atoms. The first-order valence-electron chi connectivity index (χ1n) is 12.8. The van der Waals surface area contributed by atoms with Crippen molar-refractivity contribution in [3.63, 3.8) is 0 Å². The molecule has 2 heterocycles. The number of aromatic nitrogens is 3. The van der Waals surface area contributed by atoms with Crippen molar-refractivity contribution in [2.24, 2.45) is 0 Å². The SMILES string of the molecule is CCN(CC)c1ccc(-c2nc3n(n2)C(c2cccc(OC)c2)C(C(=O)Nc2ccccc2)=C(C)N3)cc1. The highest BCUT2D eigenvalue weighted by Crippen LogP contribution is 2.38. The Morgan fingerprint density at radius 2 is 1.76 bits per heavy atom. The summed E-state index contributed by atoms with van der Waals surface area (Å²) in [6, 6.07) is 24.9. The number of allylic oxidation sites excluding steroid dienone is 1. The first-order chi connectivity index (χ1) is 18.5. The number of hydrogen-bond donors (Lipinski definition) is 2. The van der Waals surface area contributed by atoms with Crippen LogP contribution >= 0.6 is 0 Å². The Morgan fingerprint density at radius 1 is 1.03 bits per heavy atom. The Hall–Kier alpha value is -4.59. The second kappa shape index (κ2) is 10.8. The van der Waals surface area contributed by atoms with Gasteiger partial charge in [-0.2, -0.15) is 4.98 Å². The van der Waals surface area contributed by atoms with Gasteiger partial charge < -0.3 is 20.3 Å². The average Bonchev–Trinajstić information content (AvgIpc) is 3.37. The smallest absolute Gasteiger partial charge is 0.255 e. The summed E-state index contributed by atoms with van der Waals surface area (Å²) in [5.74, 6) is 1.66. The lowest BCUT2D eigenvalue weighted by Gasteiger charge is -2.28. The summed E-state index contributed by atoms with van der Waals surface area (Å²) >= 11 is 0. The molecule has 1 aliphatic rings. The fraction of sp³-hybridized carbons (Fsp3) is 0.233. The predicted molar refractivity (Wildman–Crippen MR) is 152 cm³/mol. The number of carbonyl (C=O) groups is 1. The van der Waals surface area contributed by atoms with Crippen LogP contribution in [-0.2, 0) is 4.79 Å². The lowest BCUT2D eigenvalue weighted by atomic mass is 9.95. The minimum atomic E-state index is -0.499. The van der Waals surface area contributed by atoms with Crippen molar-refractivity contribution < 1.29 is 9.53 Å². The van der Waals surface area contributed by atoms with Crippen molar-refractivity contribution in [1.29, 1.82) is 0 Å². The van der Waals surface area contributed by atoms with Gasteiger partial charge in [-0.15, -0.1) is 5.10 Å².